The molecule has 0 spiro atoms. The van der Waals surface area contributed by atoms with Crippen LogP contribution in [-0.2, 0) is 28.4 Å². The van der Waals surface area contributed by atoms with Crippen LogP contribution in [0, 0.1) is 0 Å². The molecule has 0 saturated carbocycles. The molecule has 2 amide bonds. The number of benzene rings is 2. The molecule has 0 bridgehead atoms. The number of hydrogen-bond acceptors (Lipinski definition) is 5. The number of methoxy groups -OCH3 is 2. The van der Waals surface area contributed by atoms with Crippen LogP contribution in [0.4, 0.5) is 36.8 Å². The number of anilines is 1. The molecule has 0 saturated heterocycles. The molecule has 2 aromatic carbocycles. The van der Waals surface area contributed by atoms with Crippen LogP contribution in [0.25, 0.3) is 0 Å². The summed E-state index contributed by atoms with van der Waals surface area (Å²) in [6, 6.07) is 2.83. The van der Waals surface area contributed by atoms with Gasteiger partial charge in [0.2, 0.25) is 6.41 Å². The minimum atomic E-state index is -5.03. The molecule has 2 aromatic rings. The first-order valence-corrected chi connectivity index (χ1v) is 11.5. The first-order chi connectivity index (χ1) is 17.7. The van der Waals surface area contributed by atoms with Gasteiger partial charge in [0.25, 0.3) is 0 Å². The van der Waals surface area contributed by atoms with Crippen molar-refractivity contribution >= 4 is 18.2 Å². The molecule has 38 heavy (non-hydrogen) atoms. The van der Waals surface area contributed by atoms with Crippen molar-refractivity contribution in [2.75, 3.05) is 25.7 Å². The molecule has 1 aliphatic heterocycles. The fraction of sp³-hybridized carbons (Fsp3) is 0.440. The summed E-state index contributed by atoms with van der Waals surface area (Å²) < 4.78 is 96.1. The van der Waals surface area contributed by atoms with Gasteiger partial charge in [0, 0.05) is 24.2 Å². The van der Waals surface area contributed by atoms with Gasteiger partial charge in [-0.05, 0) is 50.1 Å². The lowest BCUT2D eigenvalue weighted by atomic mass is 9.90. The van der Waals surface area contributed by atoms with Crippen LogP contribution in [0.1, 0.15) is 48.6 Å². The molecule has 0 aliphatic carbocycles. The Morgan fingerprint density at radius 2 is 1.55 bits per heavy atom. The third-order valence-electron chi connectivity index (χ3n) is 6.17. The number of hydrogen-bond donors (Lipinski definition) is 0. The zero-order valence-electron chi connectivity index (χ0n) is 20.9. The lowest BCUT2D eigenvalue weighted by molar-refractivity contribution is -0.143. The van der Waals surface area contributed by atoms with Crippen molar-refractivity contribution < 1.29 is 50.1 Å². The Morgan fingerprint density at radius 1 is 1.00 bits per heavy atom. The van der Waals surface area contributed by atoms with E-state index in [1.807, 2.05) is 0 Å². The van der Waals surface area contributed by atoms with Crippen molar-refractivity contribution in [1.29, 1.82) is 0 Å². The van der Waals surface area contributed by atoms with Crippen LogP contribution in [0.3, 0.4) is 0 Å². The number of alkyl halides is 6. The molecule has 0 radical (unpaired) electrons. The molecule has 1 heterocycles. The number of amides is 2. The molecular formula is C25H26F6N2O5. The van der Waals surface area contributed by atoms with Crippen molar-refractivity contribution in [1.82, 2.24) is 4.90 Å². The lowest BCUT2D eigenvalue weighted by Gasteiger charge is -2.42. The van der Waals surface area contributed by atoms with Gasteiger partial charge in [0.1, 0.15) is 0 Å². The minimum absolute atomic E-state index is 0.0289. The number of carbonyl (C=O) groups excluding carboxylic acids is 2. The Balaban J connectivity index is 2.12. The average molecular weight is 548 g/mol. The van der Waals surface area contributed by atoms with E-state index in [1.165, 1.54) is 31.3 Å². The van der Waals surface area contributed by atoms with E-state index >= 15 is 0 Å². The summed E-state index contributed by atoms with van der Waals surface area (Å²) in [4.78, 5) is 27.4. The summed E-state index contributed by atoms with van der Waals surface area (Å²) in [5.41, 5.74) is -2.64. The second-order valence-electron chi connectivity index (χ2n) is 8.63. The molecule has 3 rings (SSSR count). The van der Waals surface area contributed by atoms with E-state index in [0.717, 1.165) is 4.90 Å². The van der Waals surface area contributed by atoms with E-state index < -0.39 is 48.2 Å². The smallest absolute Gasteiger partial charge is 0.416 e. The van der Waals surface area contributed by atoms with Crippen molar-refractivity contribution in [2.24, 2.45) is 0 Å². The molecule has 1 aliphatic rings. The largest absolute Gasteiger partial charge is 0.493 e. The Bertz CT molecular complexity index is 1150. The summed E-state index contributed by atoms with van der Waals surface area (Å²) in [7, 11) is 2.75. The molecular weight excluding hydrogens is 522 g/mol. The normalized spacial score (nSPS) is 17.5. The fourth-order valence-corrected chi connectivity index (χ4v) is 4.48. The Labute approximate surface area is 214 Å². The molecule has 0 fully saturated rings. The zero-order chi connectivity index (χ0) is 28.4. The average Bonchev–Trinajstić information content (AvgIpc) is 2.84. The maximum absolute atomic E-state index is 13.4. The van der Waals surface area contributed by atoms with Crippen molar-refractivity contribution in [3.63, 3.8) is 0 Å². The molecule has 7 nitrogen and oxygen atoms in total. The van der Waals surface area contributed by atoms with Gasteiger partial charge in [-0.15, -0.1) is 0 Å². The molecule has 0 aromatic heterocycles. The van der Waals surface area contributed by atoms with Crippen LogP contribution >= 0.6 is 0 Å². The highest BCUT2D eigenvalue weighted by Gasteiger charge is 2.40. The van der Waals surface area contributed by atoms with E-state index in [2.05, 4.69) is 0 Å². The number of carbonyl (C=O) groups is 2. The van der Waals surface area contributed by atoms with Gasteiger partial charge in [-0.25, -0.2) is 4.79 Å². The second kappa shape index (κ2) is 11.0. The van der Waals surface area contributed by atoms with E-state index in [-0.39, 0.29) is 36.2 Å². The molecule has 2 atom stereocenters. The topological polar surface area (TPSA) is 68.3 Å². The van der Waals surface area contributed by atoms with E-state index in [4.69, 9.17) is 14.2 Å². The monoisotopic (exact) mass is 548 g/mol. The van der Waals surface area contributed by atoms with E-state index in [0.29, 0.717) is 29.8 Å². The Hall–Kier alpha value is -3.64. The van der Waals surface area contributed by atoms with E-state index in [1.54, 1.807) is 13.8 Å². The van der Waals surface area contributed by atoms with Gasteiger partial charge in [-0.1, -0.05) is 0 Å². The number of halogens is 6. The quantitative estimate of drug-likeness (QED) is 0.305. The molecule has 0 unspecified atom stereocenters. The summed E-state index contributed by atoms with van der Waals surface area (Å²) in [5, 5.41) is 0. The molecule has 0 N–H and O–H groups in total. The summed E-state index contributed by atoms with van der Waals surface area (Å²) in [6.45, 7) is 2.84. The van der Waals surface area contributed by atoms with Gasteiger partial charge in [0.05, 0.1) is 43.7 Å². The lowest BCUT2D eigenvalue weighted by Crippen LogP contribution is -2.46. The number of nitrogens with zero attached hydrogens (tertiary/aromatic N) is 2. The molecule has 13 heteroatoms. The number of rotatable bonds is 7. The highest BCUT2D eigenvalue weighted by atomic mass is 19.4. The number of fused-ring (bicyclic) bond motifs is 1. The Kier molecular flexibility index (Phi) is 8.37. The summed E-state index contributed by atoms with van der Waals surface area (Å²) in [6.07, 6.45) is -10.3. The van der Waals surface area contributed by atoms with Gasteiger partial charge >= 0.3 is 18.4 Å². The third kappa shape index (κ3) is 5.91. The van der Waals surface area contributed by atoms with Crippen molar-refractivity contribution in [2.45, 2.75) is 51.2 Å². The summed E-state index contributed by atoms with van der Waals surface area (Å²) in [5.74, 6) is 0.512. The fourth-order valence-electron chi connectivity index (χ4n) is 4.48. The number of ether oxygens (including phenoxy) is 3. The SMILES string of the molecule is CCOC(=O)N1c2cc(OC)c(OC)cc2[C@@H](N(C=O)Cc2cc(C(F)(F)F)cc(C(F)(F)F)c2)C[C@H]1C. The van der Waals surface area contributed by atoms with Crippen molar-refractivity contribution in [3.8, 4) is 11.5 Å². The standard InChI is InChI=1S/C25H26F6N2O5/c1-5-38-23(35)33-14(2)6-19(18-10-21(36-3)22(37-4)11-20(18)33)32(13-34)12-15-7-16(24(26,27)28)9-17(8-15)25(29,30)31/h7-11,13-14,19H,5-6,12H2,1-4H3/t14-,19+/m1/s1. The predicted octanol–water partition coefficient (Wildman–Crippen LogP) is 6.20. The van der Waals surface area contributed by atoms with Gasteiger partial charge in [-0.3, -0.25) is 9.69 Å². The molecule has 208 valence electrons. The van der Waals surface area contributed by atoms with Crippen LogP contribution in [-0.4, -0.2) is 44.3 Å². The maximum atomic E-state index is 13.4. The van der Waals surface area contributed by atoms with E-state index in [9.17, 15) is 35.9 Å². The summed E-state index contributed by atoms with van der Waals surface area (Å²) >= 11 is 0. The third-order valence-corrected chi connectivity index (χ3v) is 6.17. The van der Waals surface area contributed by atoms with Crippen LogP contribution in [0.5, 0.6) is 11.5 Å². The first-order valence-electron chi connectivity index (χ1n) is 11.5. The highest BCUT2D eigenvalue weighted by molar-refractivity contribution is 5.91. The predicted molar refractivity (Wildman–Crippen MR) is 124 cm³/mol. The maximum Gasteiger partial charge on any atom is 0.416 e. The first kappa shape index (κ1) is 28.9. The van der Waals surface area contributed by atoms with Crippen LogP contribution in [0.2, 0.25) is 0 Å². The van der Waals surface area contributed by atoms with Gasteiger partial charge < -0.3 is 19.1 Å². The second-order valence-corrected chi connectivity index (χ2v) is 8.63. The Morgan fingerprint density at radius 3 is 2.03 bits per heavy atom. The highest BCUT2D eigenvalue weighted by Crippen LogP contribution is 2.46. The minimum Gasteiger partial charge on any atom is -0.493 e. The van der Waals surface area contributed by atoms with Crippen molar-refractivity contribution in [3.05, 3.63) is 52.6 Å². The van der Waals surface area contributed by atoms with Gasteiger partial charge in [-0.2, -0.15) is 26.3 Å². The zero-order valence-corrected chi connectivity index (χ0v) is 20.9. The van der Waals surface area contributed by atoms with Crippen LogP contribution < -0.4 is 14.4 Å². The van der Waals surface area contributed by atoms with Crippen LogP contribution in [0.15, 0.2) is 30.3 Å². The van der Waals surface area contributed by atoms with Gasteiger partial charge in [0.15, 0.2) is 11.5 Å².